The number of amides is 1. The van der Waals surface area contributed by atoms with Crippen LogP contribution in [0, 0.1) is 0 Å². The summed E-state index contributed by atoms with van der Waals surface area (Å²) < 4.78 is 44.4. The summed E-state index contributed by atoms with van der Waals surface area (Å²) in [6.07, 6.45) is 4.38. The van der Waals surface area contributed by atoms with Gasteiger partial charge in [0.05, 0.1) is 11.1 Å². The molecule has 6 rings (SSSR count). The first-order valence-electron chi connectivity index (χ1n) is 17.2. The summed E-state index contributed by atoms with van der Waals surface area (Å²) >= 11 is 12.8. The summed E-state index contributed by atoms with van der Waals surface area (Å²) in [5, 5.41) is 2.17. The van der Waals surface area contributed by atoms with Gasteiger partial charge in [-0.3, -0.25) is 14.5 Å². The van der Waals surface area contributed by atoms with E-state index in [-0.39, 0.29) is 17.4 Å². The van der Waals surface area contributed by atoms with Crippen LogP contribution in [0.3, 0.4) is 0 Å². The molecule has 0 unspecified atom stereocenters. The monoisotopic (exact) mass is 728 g/mol. The molecule has 0 atom stereocenters. The van der Waals surface area contributed by atoms with Crippen LogP contribution in [-0.2, 0) is 17.8 Å². The second kappa shape index (κ2) is 15.4. The van der Waals surface area contributed by atoms with Crippen molar-refractivity contribution < 1.29 is 27.5 Å². The molecule has 12 heteroatoms. The number of Topliss-reactive ketones (excluding diaryl/α,β-unsaturated/α-hetero) is 1. The number of aromatic nitrogens is 1. The summed E-state index contributed by atoms with van der Waals surface area (Å²) in [5.41, 5.74) is 9.57. The van der Waals surface area contributed by atoms with Crippen LogP contribution in [0.25, 0.3) is 16.6 Å². The van der Waals surface area contributed by atoms with Gasteiger partial charge in [-0.05, 0) is 86.2 Å². The molecular formula is C38H41Cl2F3N4O3. The van der Waals surface area contributed by atoms with E-state index in [2.05, 4.69) is 9.64 Å². The van der Waals surface area contributed by atoms with Crippen LogP contribution < -0.4 is 10.5 Å². The summed E-state index contributed by atoms with van der Waals surface area (Å²) in [4.78, 5) is 30.8. The van der Waals surface area contributed by atoms with Gasteiger partial charge in [0.1, 0.15) is 5.75 Å². The summed E-state index contributed by atoms with van der Waals surface area (Å²) in [6, 6.07) is 16.7. The largest absolute Gasteiger partial charge is 0.573 e. The molecule has 1 saturated carbocycles. The average Bonchev–Trinajstić information content (AvgIpc) is 3.46. The molecule has 0 spiro atoms. The Morgan fingerprint density at radius 2 is 1.56 bits per heavy atom. The Labute approximate surface area is 300 Å². The third-order valence-corrected chi connectivity index (χ3v) is 10.7. The van der Waals surface area contributed by atoms with Gasteiger partial charge in [-0.25, -0.2) is 0 Å². The molecule has 7 nitrogen and oxygen atoms in total. The van der Waals surface area contributed by atoms with Gasteiger partial charge in [-0.2, -0.15) is 0 Å². The fraction of sp³-hybridized carbons (Fsp3) is 0.421. The Morgan fingerprint density at radius 3 is 2.22 bits per heavy atom. The number of rotatable bonds is 11. The number of hydrogen-bond acceptors (Lipinski definition) is 5. The van der Waals surface area contributed by atoms with E-state index in [1.54, 1.807) is 12.1 Å². The van der Waals surface area contributed by atoms with E-state index >= 15 is 0 Å². The molecule has 50 heavy (non-hydrogen) atoms. The van der Waals surface area contributed by atoms with E-state index in [1.165, 1.54) is 12.1 Å². The van der Waals surface area contributed by atoms with Crippen molar-refractivity contribution in [2.75, 3.05) is 26.2 Å². The van der Waals surface area contributed by atoms with Crippen molar-refractivity contribution in [3.63, 3.8) is 0 Å². The lowest BCUT2D eigenvalue weighted by Crippen LogP contribution is -2.49. The summed E-state index contributed by atoms with van der Waals surface area (Å²) in [5.74, 6) is -0.273. The number of piperazine rings is 1. The lowest BCUT2D eigenvalue weighted by atomic mass is 9.78. The number of benzene rings is 3. The molecule has 2 aliphatic rings. The van der Waals surface area contributed by atoms with Crippen LogP contribution in [-0.4, -0.2) is 64.1 Å². The number of carbonyl (C=O) groups is 2. The summed E-state index contributed by atoms with van der Waals surface area (Å²) in [7, 11) is 0. The van der Waals surface area contributed by atoms with E-state index in [4.69, 9.17) is 28.9 Å². The van der Waals surface area contributed by atoms with Crippen LogP contribution in [0.2, 0.25) is 10.0 Å². The van der Waals surface area contributed by atoms with Gasteiger partial charge in [-0.1, -0.05) is 54.6 Å². The molecular weight excluding hydrogens is 688 g/mol. The average molecular weight is 730 g/mol. The third kappa shape index (κ3) is 8.48. The van der Waals surface area contributed by atoms with Crippen LogP contribution in [0.1, 0.15) is 72.9 Å². The van der Waals surface area contributed by atoms with Gasteiger partial charge in [0.15, 0.2) is 5.78 Å². The second-order valence-electron chi connectivity index (χ2n) is 13.4. The van der Waals surface area contributed by atoms with Crippen molar-refractivity contribution >= 4 is 45.8 Å². The fourth-order valence-corrected chi connectivity index (χ4v) is 7.68. The number of aryl methyl sites for hydroxylation is 1. The van der Waals surface area contributed by atoms with Gasteiger partial charge in [0, 0.05) is 77.6 Å². The van der Waals surface area contributed by atoms with Crippen LogP contribution in [0.5, 0.6) is 5.75 Å². The predicted molar refractivity (Wildman–Crippen MR) is 190 cm³/mol. The van der Waals surface area contributed by atoms with Gasteiger partial charge in [0.2, 0.25) is 0 Å². The van der Waals surface area contributed by atoms with E-state index in [0.29, 0.717) is 73.3 Å². The quantitative estimate of drug-likeness (QED) is 0.156. The number of halogens is 5. The van der Waals surface area contributed by atoms with E-state index in [1.807, 2.05) is 52.1 Å². The van der Waals surface area contributed by atoms with E-state index in [0.717, 1.165) is 60.6 Å². The van der Waals surface area contributed by atoms with Gasteiger partial charge >= 0.3 is 6.36 Å². The number of nitrogens with two attached hydrogens (primary N) is 1. The maximum Gasteiger partial charge on any atom is 0.573 e. The van der Waals surface area contributed by atoms with Gasteiger partial charge in [-0.15, -0.1) is 13.2 Å². The van der Waals surface area contributed by atoms with Crippen molar-refractivity contribution in [1.29, 1.82) is 0 Å². The first-order valence-corrected chi connectivity index (χ1v) is 17.9. The maximum absolute atomic E-state index is 13.8. The minimum Gasteiger partial charge on any atom is -0.406 e. The SMILES string of the molecule is NC1(C(=O)CCCCc2cn(-c3ccc(OC(F)(F)F)cc3)c3cc(C(=O)N4CCN(Cc5c(Cl)cccc5Cl)CC4)ccc23)CCCCC1. The highest BCUT2D eigenvalue weighted by molar-refractivity contribution is 6.36. The first kappa shape index (κ1) is 36.2. The van der Waals surface area contributed by atoms with Gasteiger partial charge < -0.3 is 19.9 Å². The number of unbranched alkanes of at least 4 members (excludes halogenated alkanes) is 1. The smallest absolute Gasteiger partial charge is 0.406 e. The van der Waals surface area contributed by atoms with Crippen molar-refractivity contribution in [2.24, 2.45) is 5.73 Å². The van der Waals surface area contributed by atoms with Crippen LogP contribution in [0.15, 0.2) is 66.9 Å². The number of ketones is 1. The lowest BCUT2D eigenvalue weighted by Gasteiger charge is -2.35. The fourth-order valence-electron chi connectivity index (χ4n) is 7.16. The zero-order chi connectivity index (χ0) is 35.5. The number of hydrogen-bond donors (Lipinski definition) is 1. The minimum absolute atomic E-state index is 0.0949. The van der Waals surface area contributed by atoms with E-state index < -0.39 is 11.9 Å². The van der Waals surface area contributed by atoms with Crippen molar-refractivity contribution in [2.45, 2.75) is 76.2 Å². The molecule has 0 bridgehead atoms. The molecule has 1 saturated heterocycles. The molecule has 1 aliphatic carbocycles. The highest BCUT2D eigenvalue weighted by atomic mass is 35.5. The highest BCUT2D eigenvalue weighted by Crippen LogP contribution is 2.32. The van der Waals surface area contributed by atoms with Crippen molar-refractivity contribution in [3.05, 3.63) is 93.6 Å². The van der Waals surface area contributed by atoms with Crippen molar-refractivity contribution in [3.8, 4) is 11.4 Å². The maximum atomic E-state index is 13.8. The lowest BCUT2D eigenvalue weighted by molar-refractivity contribution is -0.274. The standard InChI is InChI=1S/C38H41Cl2F3N4O3/c39-32-8-6-9-33(40)31(32)25-45-19-21-46(22-20-45)36(49)26-11-16-30-27(7-2-3-10-35(48)37(44)17-4-1-5-18-37)24-47(34(30)23-26)28-12-14-29(15-13-28)50-38(41,42)43/h6,8-9,11-16,23-24H,1-5,7,10,17-22,25,44H2. The number of alkyl halides is 3. The number of nitrogens with zero attached hydrogens (tertiary/aromatic N) is 3. The zero-order valence-corrected chi connectivity index (χ0v) is 29.3. The third-order valence-electron chi connectivity index (χ3n) is 9.99. The molecule has 2 N–H and O–H groups in total. The first-order chi connectivity index (χ1) is 23.9. The Hall–Kier alpha value is -3.57. The van der Waals surface area contributed by atoms with Gasteiger partial charge in [0.25, 0.3) is 5.91 Å². The number of ether oxygens (including phenoxy) is 1. The zero-order valence-electron chi connectivity index (χ0n) is 27.8. The molecule has 266 valence electrons. The minimum atomic E-state index is -4.79. The molecule has 1 aliphatic heterocycles. The molecule has 1 aromatic heterocycles. The topological polar surface area (TPSA) is 80.8 Å². The molecule has 0 radical (unpaired) electrons. The Balaban J connectivity index is 1.18. The normalized spacial score (nSPS) is 16.9. The number of fused-ring (bicyclic) bond motifs is 1. The Bertz CT molecular complexity index is 1810. The second-order valence-corrected chi connectivity index (χ2v) is 14.2. The van der Waals surface area contributed by atoms with Crippen LogP contribution >= 0.6 is 23.2 Å². The number of carbonyl (C=O) groups excluding carboxylic acids is 2. The summed E-state index contributed by atoms with van der Waals surface area (Å²) in [6.45, 7) is 2.99. The highest BCUT2D eigenvalue weighted by Gasteiger charge is 2.34. The molecule has 3 aromatic carbocycles. The molecule has 4 aromatic rings. The Morgan fingerprint density at radius 1 is 0.880 bits per heavy atom. The van der Waals surface area contributed by atoms with Crippen LogP contribution in [0.4, 0.5) is 13.2 Å². The Kier molecular flexibility index (Phi) is 11.1. The molecule has 1 amide bonds. The molecule has 2 heterocycles. The predicted octanol–water partition coefficient (Wildman–Crippen LogP) is 8.74. The van der Waals surface area contributed by atoms with E-state index in [9.17, 15) is 22.8 Å². The molecule has 2 fully saturated rings. The van der Waals surface area contributed by atoms with Crippen molar-refractivity contribution in [1.82, 2.24) is 14.4 Å².